The van der Waals surface area contributed by atoms with E-state index in [9.17, 15) is 4.79 Å². The number of halogens is 1. The molecule has 4 nitrogen and oxygen atoms in total. The molecule has 0 fully saturated rings. The summed E-state index contributed by atoms with van der Waals surface area (Å²) in [4.78, 5) is 11.3. The van der Waals surface area contributed by atoms with Gasteiger partial charge in [-0.1, -0.05) is 30.3 Å². The Bertz CT molecular complexity index is 363. The van der Waals surface area contributed by atoms with Crippen LogP contribution in [-0.2, 0) is 11.3 Å². The van der Waals surface area contributed by atoms with E-state index in [-0.39, 0.29) is 18.5 Å². The average Bonchev–Trinajstić information content (AvgIpc) is 2.27. The number of benzene rings is 1. The molecule has 0 saturated heterocycles. The lowest BCUT2D eigenvalue weighted by molar-refractivity contribution is 0.0528. The third-order valence-electron chi connectivity index (χ3n) is 2.14. The standard InChI is InChI=1S/C14H22N2O2.ClH/c1-14(2,3)18-13(17)16-10-9-15-11-12-7-5-4-6-8-12;/h4-8,15H,9-11H2,1-3H3,(H,16,17);1H. The van der Waals surface area contributed by atoms with Gasteiger partial charge in [-0.25, -0.2) is 4.79 Å². The zero-order valence-corrected chi connectivity index (χ0v) is 12.5. The maximum atomic E-state index is 11.3. The maximum Gasteiger partial charge on any atom is 0.407 e. The van der Waals surface area contributed by atoms with Crippen LogP contribution in [0.1, 0.15) is 26.3 Å². The molecule has 1 aromatic rings. The second-order valence-electron chi connectivity index (χ2n) is 5.09. The summed E-state index contributed by atoms with van der Waals surface area (Å²) in [5.41, 5.74) is 0.788. The number of hydrogen-bond donors (Lipinski definition) is 2. The van der Waals surface area contributed by atoms with Crippen LogP contribution in [0.5, 0.6) is 0 Å². The Labute approximate surface area is 121 Å². The molecule has 2 N–H and O–H groups in total. The highest BCUT2D eigenvalue weighted by atomic mass is 35.5. The zero-order chi connectivity index (χ0) is 13.4. The summed E-state index contributed by atoms with van der Waals surface area (Å²) in [7, 11) is 0. The van der Waals surface area contributed by atoms with Crippen molar-refractivity contribution in [3.8, 4) is 0 Å². The van der Waals surface area contributed by atoms with Crippen LogP contribution in [-0.4, -0.2) is 24.8 Å². The molecule has 0 aliphatic heterocycles. The third-order valence-corrected chi connectivity index (χ3v) is 2.14. The first-order chi connectivity index (χ1) is 8.47. The highest BCUT2D eigenvalue weighted by Crippen LogP contribution is 2.05. The highest BCUT2D eigenvalue weighted by Gasteiger charge is 2.15. The second-order valence-corrected chi connectivity index (χ2v) is 5.09. The zero-order valence-electron chi connectivity index (χ0n) is 11.7. The normalized spacial score (nSPS) is 10.5. The van der Waals surface area contributed by atoms with E-state index in [0.29, 0.717) is 13.1 Å². The largest absolute Gasteiger partial charge is 0.444 e. The predicted octanol–water partition coefficient (Wildman–Crippen LogP) is 2.72. The van der Waals surface area contributed by atoms with Crippen molar-refractivity contribution in [3.05, 3.63) is 35.9 Å². The predicted molar refractivity (Wildman–Crippen MR) is 79.6 cm³/mol. The first-order valence-electron chi connectivity index (χ1n) is 6.19. The molecule has 0 aliphatic carbocycles. The molecule has 0 heterocycles. The molecule has 0 aliphatic rings. The van der Waals surface area contributed by atoms with Gasteiger partial charge in [0.15, 0.2) is 0 Å². The molecular weight excluding hydrogens is 264 g/mol. The van der Waals surface area contributed by atoms with Crippen molar-refractivity contribution >= 4 is 18.5 Å². The van der Waals surface area contributed by atoms with Crippen LogP contribution in [0.3, 0.4) is 0 Å². The first-order valence-corrected chi connectivity index (χ1v) is 6.19. The molecule has 5 heteroatoms. The van der Waals surface area contributed by atoms with Gasteiger partial charge in [0.1, 0.15) is 5.60 Å². The smallest absolute Gasteiger partial charge is 0.407 e. The molecule has 1 rings (SSSR count). The minimum absolute atomic E-state index is 0. The molecule has 19 heavy (non-hydrogen) atoms. The fourth-order valence-corrected chi connectivity index (χ4v) is 1.40. The first kappa shape index (κ1) is 17.7. The monoisotopic (exact) mass is 286 g/mol. The summed E-state index contributed by atoms with van der Waals surface area (Å²) in [6.07, 6.45) is -0.371. The summed E-state index contributed by atoms with van der Waals surface area (Å²) >= 11 is 0. The number of amides is 1. The third kappa shape index (κ3) is 9.33. The lowest BCUT2D eigenvalue weighted by Crippen LogP contribution is -2.36. The van der Waals surface area contributed by atoms with E-state index in [1.165, 1.54) is 5.56 Å². The Hall–Kier alpha value is -1.26. The van der Waals surface area contributed by atoms with E-state index < -0.39 is 5.60 Å². The molecule has 0 atom stereocenters. The molecule has 1 aromatic carbocycles. The van der Waals surface area contributed by atoms with Crippen molar-refractivity contribution in [1.82, 2.24) is 10.6 Å². The highest BCUT2D eigenvalue weighted by molar-refractivity contribution is 5.85. The van der Waals surface area contributed by atoms with Gasteiger partial charge in [-0.3, -0.25) is 0 Å². The summed E-state index contributed by atoms with van der Waals surface area (Å²) in [5, 5.41) is 5.95. The van der Waals surface area contributed by atoms with Crippen LogP contribution in [0.4, 0.5) is 4.79 Å². The van der Waals surface area contributed by atoms with Gasteiger partial charge in [0.25, 0.3) is 0 Å². The molecule has 1 amide bonds. The number of carbonyl (C=O) groups excluding carboxylic acids is 1. The van der Waals surface area contributed by atoms with Crippen LogP contribution < -0.4 is 10.6 Å². The van der Waals surface area contributed by atoms with E-state index >= 15 is 0 Å². The summed E-state index contributed by atoms with van der Waals surface area (Å²) in [6.45, 7) is 7.62. The molecule has 0 aromatic heterocycles. The summed E-state index contributed by atoms with van der Waals surface area (Å²) in [5.74, 6) is 0. The minimum atomic E-state index is -0.443. The van der Waals surface area contributed by atoms with Gasteiger partial charge in [0.05, 0.1) is 0 Å². The summed E-state index contributed by atoms with van der Waals surface area (Å²) < 4.78 is 5.12. The Morgan fingerprint density at radius 2 is 1.79 bits per heavy atom. The Kier molecular flexibility index (Phi) is 8.19. The SMILES string of the molecule is CC(C)(C)OC(=O)NCCNCc1ccccc1.Cl. The number of ether oxygens (including phenoxy) is 1. The van der Waals surface area contributed by atoms with Crippen molar-refractivity contribution in [2.45, 2.75) is 32.9 Å². The van der Waals surface area contributed by atoms with Gasteiger partial charge in [0, 0.05) is 19.6 Å². The topological polar surface area (TPSA) is 50.4 Å². The molecule has 108 valence electrons. The lowest BCUT2D eigenvalue weighted by Gasteiger charge is -2.19. The van der Waals surface area contributed by atoms with Crippen molar-refractivity contribution in [1.29, 1.82) is 0 Å². The number of hydrogen-bond acceptors (Lipinski definition) is 3. The van der Waals surface area contributed by atoms with Gasteiger partial charge in [-0.05, 0) is 26.3 Å². The van der Waals surface area contributed by atoms with Crippen molar-refractivity contribution in [2.75, 3.05) is 13.1 Å². The van der Waals surface area contributed by atoms with E-state index in [4.69, 9.17) is 4.74 Å². The van der Waals surface area contributed by atoms with Gasteiger partial charge in [-0.15, -0.1) is 12.4 Å². The van der Waals surface area contributed by atoms with Crippen LogP contribution in [0.25, 0.3) is 0 Å². The molecule has 0 spiro atoms. The fourth-order valence-electron chi connectivity index (χ4n) is 1.40. The minimum Gasteiger partial charge on any atom is -0.444 e. The van der Waals surface area contributed by atoms with Crippen molar-refractivity contribution in [3.63, 3.8) is 0 Å². The van der Waals surface area contributed by atoms with Crippen LogP contribution in [0.2, 0.25) is 0 Å². The van der Waals surface area contributed by atoms with E-state index in [1.54, 1.807) is 0 Å². The van der Waals surface area contributed by atoms with Crippen LogP contribution >= 0.6 is 12.4 Å². The van der Waals surface area contributed by atoms with Gasteiger partial charge < -0.3 is 15.4 Å². The molecular formula is C14H23ClN2O2. The number of carbonyl (C=O) groups is 1. The summed E-state index contributed by atoms with van der Waals surface area (Å²) in [6, 6.07) is 10.1. The molecule has 0 radical (unpaired) electrons. The Morgan fingerprint density at radius 3 is 2.37 bits per heavy atom. The van der Waals surface area contributed by atoms with Gasteiger partial charge in [0.2, 0.25) is 0 Å². The van der Waals surface area contributed by atoms with E-state index in [2.05, 4.69) is 22.8 Å². The number of rotatable bonds is 5. The molecule has 0 saturated carbocycles. The Morgan fingerprint density at radius 1 is 1.16 bits per heavy atom. The van der Waals surface area contributed by atoms with E-state index in [1.807, 2.05) is 39.0 Å². The van der Waals surface area contributed by atoms with E-state index in [0.717, 1.165) is 6.54 Å². The van der Waals surface area contributed by atoms with Crippen LogP contribution in [0.15, 0.2) is 30.3 Å². The lowest BCUT2D eigenvalue weighted by atomic mass is 10.2. The van der Waals surface area contributed by atoms with Crippen LogP contribution in [0, 0.1) is 0 Å². The number of alkyl carbamates (subject to hydrolysis) is 1. The number of nitrogens with one attached hydrogen (secondary N) is 2. The fraction of sp³-hybridized carbons (Fsp3) is 0.500. The quantitative estimate of drug-likeness (QED) is 0.818. The molecule has 0 bridgehead atoms. The Balaban J connectivity index is 0.00000324. The van der Waals surface area contributed by atoms with Gasteiger partial charge in [-0.2, -0.15) is 0 Å². The van der Waals surface area contributed by atoms with Crippen molar-refractivity contribution < 1.29 is 9.53 Å². The average molecular weight is 287 g/mol. The maximum absolute atomic E-state index is 11.3. The van der Waals surface area contributed by atoms with Gasteiger partial charge >= 0.3 is 6.09 Å². The molecule has 0 unspecified atom stereocenters. The van der Waals surface area contributed by atoms with Crippen molar-refractivity contribution in [2.24, 2.45) is 0 Å². The second kappa shape index (κ2) is 8.77.